The van der Waals surface area contributed by atoms with Crippen LogP contribution >= 0.6 is 0 Å². The van der Waals surface area contributed by atoms with E-state index in [2.05, 4.69) is 11.3 Å². The summed E-state index contributed by atoms with van der Waals surface area (Å²) in [7, 11) is 0. The molecule has 0 unspecified atom stereocenters. The Balaban J connectivity index is 6.69. The predicted octanol–water partition coefficient (Wildman–Crippen LogP) is 5.78. The van der Waals surface area contributed by atoms with Gasteiger partial charge < -0.3 is 4.74 Å². The molecule has 0 aromatic carbocycles. The summed E-state index contributed by atoms with van der Waals surface area (Å²) in [5, 5.41) is 0. The molecule has 0 aromatic heterocycles. The van der Waals surface area contributed by atoms with Crippen molar-refractivity contribution in [2.24, 2.45) is 0 Å². The van der Waals surface area contributed by atoms with Crippen molar-refractivity contribution >= 4 is 5.97 Å². The number of rotatable bonds is 8. The largest absolute Gasteiger partial charge is 0.460 e. The summed E-state index contributed by atoms with van der Waals surface area (Å²) in [5.41, 5.74) is 0. The van der Waals surface area contributed by atoms with Crippen LogP contribution in [0, 0.1) is 0 Å². The number of hydrogen-bond acceptors (Lipinski definition) is 2. The highest BCUT2D eigenvalue weighted by molar-refractivity contribution is 5.81. The third-order valence-electron chi connectivity index (χ3n) is 3.35. The first-order valence-electron chi connectivity index (χ1n) is 6.58. The molecule has 1 atom stereocenters. The van der Waals surface area contributed by atoms with E-state index in [1.165, 1.54) is 0 Å². The van der Waals surface area contributed by atoms with Crippen molar-refractivity contribution in [2.45, 2.75) is 54.5 Å². The first-order chi connectivity index (χ1) is 12.7. The average molecular weight is 486 g/mol. The number of esters is 1. The van der Waals surface area contributed by atoms with Crippen molar-refractivity contribution in [3.8, 4) is 0 Å². The first kappa shape index (κ1) is 28.1. The summed E-state index contributed by atoms with van der Waals surface area (Å²) in [4.78, 5) is 10.6. The normalized spacial score (nSPS) is 17.4. The van der Waals surface area contributed by atoms with Gasteiger partial charge in [-0.15, -0.1) is 0 Å². The SMILES string of the molecule is C=CC(=O)O[C@](C)(F)C(F)(F)C(F)(F)C(F)(F)C(F)(F)C(F)(F)C(F)(F)C(F)(F)F. The van der Waals surface area contributed by atoms with Crippen molar-refractivity contribution in [1.82, 2.24) is 0 Å². The lowest BCUT2D eigenvalue weighted by Gasteiger charge is -2.43. The van der Waals surface area contributed by atoms with Gasteiger partial charge in [-0.2, -0.15) is 70.2 Å². The Bertz CT molecular complexity index is 674. The van der Waals surface area contributed by atoms with Crippen LogP contribution in [0.2, 0.25) is 0 Å². The molecule has 0 radical (unpaired) electrons. The Morgan fingerprint density at radius 3 is 1.13 bits per heavy atom. The number of halogens is 16. The first-order valence-corrected chi connectivity index (χ1v) is 6.58. The summed E-state index contributed by atoms with van der Waals surface area (Å²) in [6, 6.07) is 0. The molecule has 0 rings (SSSR count). The van der Waals surface area contributed by atoms with Crippen LogP contribution in [0.1, 0.15) is 6.92 Å². The monoisotopic (exact) mass is 486 g/mol. The summed E-state index contributed by atoms with van der Waals surface area (Å²) < 4.78 is 210. The van der Waals surface area contributed by atoms with E-state index < -0.39 is 60.5 Å². The number of carbonyl (C=O) groups is 1. The average Bonchev–Trinajstić information content (AvgIpc) is 2.51. The van der Waals surface area contributed by atoms with Gasteiger partial charge in [-0.3, -0.25) is 0 Å². The molecule has 0 N–H and O–H groups in total. The quantitative estimate of drug-likeness (QED) is 0.247. The molecule has 0 aliphatic rings. The molecule has 0 fully saturated rings. The summed E-state index contributed by atoms with van der Waals surface area (Å²) in [5.74, 6) is -57.3. The minimum absolute atomic E-state index is 0.239. The zero-order valence-corrected chi connectivity index (χ0v) is 13.6. The smallest absolute Gasteiger partial charge is 0.419 e. The Labute approximate surface area is 154 Å². The summed E-state index contributed by atoms with van der Waals surface area (Å²) in [6.07, 6.45) is -7.99. The van der Waals surface area contributed by atoms with E-state index in [9.17, 15) is 75.0 Å². The van der Waals surface area contributed by atoms with Gasteiger partial charge in [0.2, 0.25) is 0 Å². The predicted molar refractivity (Wildman–Crippen MR) is 61.5 cm³/mol. The minimum Gasteiger partial charge on any atom is -0.419 e. The lowest BCUT2D eigenvalue weighted by atomic mass is 9.89. The second-order valence-electron chi connectivity index (χ2n) is 5.49. The van der Waals surface area contributed by atoms with Crippen molar-refractivity contribution in [3.05, 3.63) is 12.7 Å². The van der Waals surface area contributed by atoms with Crippen LogP contribution < -0.4 is 0 Å². The molecule has 0 spiro atoms. The van der Waals surface area contributed by atoms with Crippen molar-refractivity contribution < 1.29 is 79.8 Å². The van der Waals surface area contributed by atoms with Gasteiger partial charge >= 0.3 is 53.5 Å². The van der Waals surface area contributed by atoms with E-state index >= 15 is 0 Å². The second-order valence-corrected chi connectivity index (χ2v) is 5.49. The van der Waals surface area contributed by atoms with Crippen LogP contribution in [0.3, 0.4) is 0 Å². The van der Waals surface area contributed by atoms with Crippen LogP contribution in [-0.4, -0.2) is 53.5 Å². The molecular weight excluding hydrogens is 480 g/mol. The van der Waals surface area contributed by atoms with Gasteiger partial charge in [0.05, 0.1) is 0 Å². The van der Waals surface area contributed by atoms with Crippen LogP contribution in [0.15, 0.2) is 12.7 Å². The van der Waals surface area contributed by atoms with Gasteiger partial charge in [-0.05, 0) is 0 Å². The fourth-order valence-electron chi connectivity index (χ4n) is 1.54. The Morgan fingerprint density at radius 1 is 0.600 bits per heavy atom. The highest BCUT2D eigenvalue weighted by Crippen LogP contribution is 2.63. The van der Waals surface area contributed by atoms with Crippen molar-refractivity contribution in [2.75, 3.05) is 0 Å². The maximum atomic E-state index is 13.6. The van der Waals surface area contributed by atoms with Crippen molar-refractivity contribution in [3.63, 3.8) is 0 Å². The lowest BCUT2D eigenvalue weighted by molar-refractivity contribution is -0.463. The maximum Gasteiger partial charge on any atom is 0.460 e. The van der Waals surface area contributed by atoms with E-state index in [4.69, 9.17) is 0 Å². The molecule has 30 heavy (non-hydrogen) atoms. The molecule has 0 saturated heterocycles. The molecule has 0 aliphatic heterocycles. The standard InChI is InChI=1S/C12H6F16O2/c1-3-4(29)30-5(2,13)6(14,15)7(16,17)8(18,19)9(20,21)10(22,23)11(24,25)12(26,27)28/h3H,1H2,2H3/t5-/m0/s1. The third kappa shape index (κ3) is 3.54. The zero-order chi connectivity index (χ0) is 25.0. The highest BCUT2D eigenvalue weighted by Gasteiger charge is 2.95. The molecule has 2 nitrogen and oxygen atoms in total. The molecule has 0 aromatic rings. The van der Waals surface area contributed by atoms with Gasteiger partial charge in [0, 0.05) is 13.0 Å². The summed E-state index contributed by atoms with van der Waals surface area (Å²) >= 11 is 0. The van der Waals surface area contributed by atoms with Crippen molar-refractivity contribution in [1.29, 1.82) is 0 Å². The third-order valence-corrected chi connectivity index (χ3v) is 3.35. The molecular formula is C12H6F16O2. The molecule has 0 bridgehead atoms. The molecule has 0 saturated carbocycles. The number of ether oxygens (including phenoxy) is 1. The van der Waals surface area contributed by atoms with E-state index in [0.29, 0.717) is 0 Å². The van der Waals surface area contributed by atoms with Gasteiger partial charge in [0.15, 0.2) is 0 Å². The Morgan fingerprint density at radius 2 is 0.867 bits per heavy atom. The van der Waals surface area contributed by atoms with Crippen LogP contribution in [0.5, 0.6) is 0 Å². The van der Waals surface area contributed by atoms with Gasteiger partial charge in [-0.1, -0.05) is 6.58 Å². The minimum atomic E-state index is -8.57. The van der Waals surface area contributed by atoms with Crippen LogP contribution in [-0.2, 0) is 9.53 Å². The van der Waals surface area contributed by atoms with E-state index in [1.54, 1.807) is 0 Å². The van der Waals surface area contributed by atoms with Crippen LogP contribution in [0.4, 0.5) is 70.2 Å². The Kier molecular flexibility index (Phi) is 6.61. The van der Waals surface area contributed by atoms with E-state index in [-0.39, 0.29) is 6.08 Å². The number of hydrogen-bond donors (Lipinski definition) is 0. The highest BCUT2D eigenvalue weighted by atomic mass is 19.4. The van der Waals surface area contributed by atoms with Gasteiger partial charge in [0.25, 0.3) is 0 Å². The molecule has 178 valence electrons. The zero-order valence-electron chi connectivity index (χ0n) is 13.6. The fourth-order valence-corrected chi connectivity index (χ4v) is 1.54. The van der Waals surface area contributed by atoms with Gasteiger partial charge in [0.1, 0.15) is 0 Å². The van der Waals surface area contributed by atoms with Gasteiger partial charge in [-0.25, -0.2) is 4.79 Å². The van der Waals surface area contributed by atoms with E-state index in [1.807, 2.05) is 0 Å². The molecule has 18 heteroatoms. The Hall–Kier alpha value is -1.91. The number of alkyl halides is 16. The lowest BCUT2D eigenvalue weighted by Crippen LogP contribution is -2.74. The second kappa shape index (κ2) is 7.06. The van der Waals surface area contributed by atoms with Crippen LogP contribution in [0.25, 0.3) is 0 Å². The fraction of sp³-hybridized carbons (Fsp3) is 0.750. The molecule has 0 aliphatic carbocycles. The maximum absolute atomic E-state index is 13.6. The number of carbonyl (C=O) groups excluding carboxylic acids is 1. The topological polar surface area (TPSA) is 26.3 Å². The van der Waals surface area contributed by atoms with E-state index in [0.717, 1.165) is 0 Å². The summed E-state index contributed by atoms with van der Waals surface area (Å²) in [6.45, 7) is 1.47. The molecule has 0 heterocycles. The molecule has 0 amide bonds.